The Bertz CT molecular complexity index is 128. The van der Waals surface area contributed by atoms with Gasteiger partial charge in [0.1, 0.15) is 0 Å². The number of nitrogens with two attached hydrogens (primary N) is 1. The van der Waals surface area contributed by atoms with Gasteiger partial charge in [0, 0.05) is 12.6 Å². The molecule has 0 unspecified atom stereocenters. The number of ether oxygens (including phenoxy) is 1. The van der Waals surface area contributed by atoms with E-state index in [1.54, 1.807) is 0 Å². The molecule has 2 heteroatoms. The largest absolute Gasteiger partial charge is 0.381 e. The van der Waals surface area contributed by atoms with Crippen molar-refractivity contribution in [1.82, 2.24) is 0 Å². The first-order valence-electron chi connectivity index (χ1n) is 4.71. The van der Waals surface area contributed by atoms with E-state index < -0.39 is 0 Å². The molecule has 2 aliphatic rings. The first kappa shape index (κ1) is 7.56. The molecule has 2 N–H and O–H groups in total. The highest BCUT2D eigenvalue weighted by Crippen LogP contribution is 2.36. The third kappa shape index (κ3) is 1.74. The Kier molecular flexibility index (Phi) is 2.14. The lowest BCUT2D eigenvalue weighted by atomic mass is 9.91. The Morgan fingerprint density at radius 1 is 1.18 bits per heavy atom. The van der Waals surface area contributed by atoms with Gasteiger partial charge in [-0.05, 0) is 37.5 Å². The molecule has 2 fully saturated rings. The van der Waals surface area contributed by atoms with E-state index in [-0.39, 0.29) is 0 Å². The molecule has 0 bridgehead atoms. The van der Waals surface area contributed by atoms with E-state index in [1.807, 2.05) is 0 Å². The van der Waals surface area contributed by atoms with Crippen LogP contribution in [0.2, 0.25) is 0 Å². The quantitative estimate of drug-likeness (QED) is 0.649. The zero-order valence-electron chi connectivity index (χ0n) is 6.96. The summed E-state index contributed by atoms with van der Waals surface area (Å²) in [5.41, 5.74) is 6.07. The van der Waals surface area contributed by atoms with Crippen LogP contribution >= 0.6 is 0 Å². The smallest absolute Gasteiger partial charge is 0.0509 e. The van der Waals surface area contributed by atoms with Crippen LogP contribution in [0.15, 0.2) is 0 Å². The highest BCUT2D eigenvalue weighted by molar-refractivity contribution is 4.89. The van der Waals surface area contributed by atoms with E-state index in [0.717, 1.165) is 19.1 Å². The molecule has 1 saturated carbocycles. The fourth-order valence-electron chi connectivity index (χ4n) is 1.94. The van der Waals surface area contributed by atoms with Crippen LogP contribution in [0.5, 0.6) is 0 Å². The summed E-state index contributed by atoms with van der Waals surface area (Å²) in [4.78, 5) is 0. The molecule has 0 amide bonds. The summed E-state index contributed by atoms with van der Waals surface area (Å²) >= 11 is 0. The molecule has 0 aromatic carbocycles. The third-order valence-electron chi connectivity index (χ3n) is 2.91. The Labute approximate surface area is 68.1 Å². The van der Waals surface area contributed by atoms with Crippen molar-refractivity contribution in [3.63, 3.8) is 0 Å². The Hall–Kier alpha value is -0.0800. The number of hydrogen-bond acceptors (Lipinski definition) is 2. The van der Waals surface area contributed by atoms with Gasteiger partial charge in [0.15, 0.2) is 0 Å². The molecule has 2 nitrogen and oxygen atoms in total. The summed E-state index contributed by atoms with van der Waals surface area (Å²) in [6, 6.07) is 0.440. The molecule has 1 aliphatic heterocycles. The average Bonchev–Trinajstić information content (AvgIpc) is 2.87. The summed E-state index contributed by atoms with van der Waals surface area (Å²) in [7, 11) is 0. The molecule has 0 radical (unpaired) electrons. The molecular formula is C9H17NO. The van der Waals surface area contributed by atoms with E-state index in [1.165, 1.54) is 25.7 Å². The Balaban J connectivity index is 1.81. The van der Waals surface area contributed by atoms with Gasteiger partial charge in [-0.3, -0.25) is 0 Å². The average molecular weight is 155 g/mol. The summed E-state index contributed by atoms with van der Waals surface area (Å²) in [5.74, 6) is 1.50. The van der Waals surface area contributed by atoms with Crippen molar-refractivity contribution < 1.29 is 4.74 Å². The molecule has 1 aliphatic carbocycles. The SMILES string of the molecule is N[C@H](C1CC1)[C@@H]1CCCOC1. The lowest BCUT2D eigenvalue weighted by Gasteiger charge is -2.27. The summed E-state index contributed by atoms with van der Waals surface area (Å²) in [5, 5.41) is 0. The zero-order chi connectivity index (χ0) is 7.68. The van der Waals surface area contributed by atoms with Crippen LogP contribution in [0.4, 0.5) is 0 Å². The van der Waals surface area contributed by atoms with Crippen molar-refractivity contribution in [2.45, 2.75) is 31.7 Å². The standard InChI is InChI=1S/C9H17NO/c10-9(7-3-4-7)8-2-1-5-11-6-8/h7-9H,1-6,10H2/t8-,9-/m1/s1. The maximum absolute atomic E-state index is 6.07. The van der Waals surface area contributed by atoms with E-state index in [4.69, 9.17) is 10.5 Å². The van der Waals surface area contributed by atoms with E-state index in [2.05, 4.69) is 0 Å². The predicted molar refractivity (Wildman–Crippen MR) is 44.2 cm³/mol. The van der Waals surface area contributed by atoms with Gasteiger partial charge in [-0.25, -0.2) is 0 Å². The second-order valence-corrected chi connectivity index (χ2v) is 3.89. The van der Waals surface area contributed by atoms with Crippen LogP contribution in [0, 0.1) is 11.8 Å². The molecule has 2 atom stereocenters. The fourth-order valence-corrected chi connectivity index (χ4v) is 1.94. The molecule has 2 rings (SSSR count). The monoisotopic (exact) mass is 155 g/mol. The lowest BCUT2D eigenvalue weighted by Crippen LogP contribution is -2.37. The minimum atomic E-state index is 0.440. The number of hydrogen-bond donors (Lipinski definition) is 1. The van der Waals surface area contributed by atoms with Crippen LogP contribution in [0.3, 0.4) is 0 Å². The fraction of sp³-hybridized carbons (Fsp3) is 1.00. The minimum Gasteiger partial charge on any atom is -0.381 e. The molecule has 1 saturated heterocycles. The van der Waals surface area contributed by atoms with Gasteiger partial charge in [-0.1, -0.05) is 0 Å². The molecule has 0 spiro atoms. The van der Waals surface area contributed by atoms with E-state index in [0.29, 0.717) is 12.0 Å². The maximum Gasteiger partial charge on any atom is 0.0509 e. The van der Waals surface area contributed by atoms with Crippen molar-refractivity contribution >= 4 is 0 Å². The number of rotatable bonds is 2. The van der Waals surface area contributed by atoms with Crippen molar-refractivity contribution in [1.29, 1.82) is 0 Å². The molecular weight excluding hydrogens is 138 g/mol. The predicted octanol–water partition coefficient (Wildman–Crippen LogP) is 1.15. The topological polar surface area (TPSA) is 35.2 Å². The third-order valence-corrected chi connectivity index (χ3v) is 2.91. The molecule has 0 aromatic rings. The minimum absolute atomic E-state index is 0.440. The zero-order valence-corrected chi connectivity index (χ0v) is 6.96. The summed E-state index contributed by atoms with van der Waals surface area (Å²) in [6.07, 6.45) is 5.22. The van der Waals surface area contributed by atoms with Gasteiger partial charge in [-0.15, -0.1) is 0 Å². The Morgan fingerprint density at radius 2 is 2.00 bits per heavy atom. The Morgan fingerprint density at radius 3 is 2.55 bits per heavy atom. The first-order valence-corrected chi connectivity index (χ1v) is 4.71. The van der Waals surface area contributed by atoms with Gasteiger partial charge < -0.3 is 10.5 Å². The van der Waals surface area contributed by atoms with Crippen LogP contribution in [0.1, 0.15) is 25.7 Å². The lowest BCUT2D eigenvalue weighted by molar-refractivity contribution is 0.0420. The maximum atomic E-state index is 6.07. The van der Waals surface area contributed by atoms with E-state index in [9.17, 15) is 0 Å². The van der Waals surface area contributed by atoms with Gasteiger partial charge in [0.2, 0.25) is 0 Å². The van der Waals surface area contributed by atoms with Crippen LogP contribution < -0.4 is 5.73 Å². The highest BCUT2D eigenvalue weighted by atomic mass is 16.5. The molecule has 11 heavy (non-hydrogen) atoms. The highest BCUT2D eigenvalue weighted by Gasteiger charge is 2.34. The normalized spacial score (nSPS) is 35.2. The van der Waals surface area contributed by atoms with Crippen molar-refractivity contribution in [2.75, 3.05) is 13.2 Å². The molecule has 0 aromatic heterocycles. The van der Waals surface area contributed by atoms with Gasteiger partial charge in [0.05, 0.1) is 6.61 Å². The van der Waals surface area contributed by atoms with Crippen molar-refractivity contribution in [3.8, 4) is 0 Å². The van der Waals surface area contributed by atoms with Crippen molar-refractivity contribution in [2.24, 2.45) is 17.6 Å². The van der Waals surface area contributed by atoms with Crippen molar-refractivity contribution in [3.05, 3.63) is 0 Å². The van der Waals surface area contributed by atoms with Crippen LogP contribution in [-0.4, -0.2) is 19.3 Å². The first-order chi connectivity index (χ1) is 5.38. The summed E-state index contributed by atoms with van der Waals surface area (Å²) in [6.45, 7) is 1.87. The van der Waals surface area contributed by atoms with Crippen LogP contribution in [0.25, 0.3) is 0 Å². The molecule has 1 heterocycles. The van der Waals surface area contributed by atoms with E-state index >= 15 is 0 Å². The van der Waals surface area contributed by atoms with Gasteiger partial charge in [-0.2, -0.15) is 0 Å². The second kappa shape index (κ2) is 3.11. The van der Waals surface area contributed by atoms with Gasteiger partial charge in [0.25, 0.3) is 0 Å². The second-order valence-electron chi connectivity index (χ2n) is 3.89. The molecule has 64 valence electrons. The van der Waals surface area contributed by atoms with Gasteiger partial charge >= 0.3 is 0 Å². The van der Waals surface area contributed by atoms with Crippen LogP contribution in [-0.2, 0) is 4.74 Å². The summed E-state index contributed by atoms with van der Waals surface area (Å²) < 4.78 is 5.40.